The van der Waals surface area contributed by atoms with Crippen molar-refractivity contribution in [3.05, 3.63) is 60.4 Å². The molecule has 6 nitrogen and oxygen atoms in total. The number of hydrogen-bond donors (Lipinski definition) is 2. The molecule has 2 N–H and O–H groups in total. The molecule has 0 saturated carbocycles. The maximum atomic E-state index is 11.8. The van der Waals surface area contributed by atoms with E-state index < -0.39 is 18.1 Å². The van der Waals surface area contributed by atoms with Crippen LogP contribution in [-0.2, 0) is 4.79 Å². The number of carbonyl (C=O) groups excluding carboxylic acids is 1. The lowest BCUT2D eigenvalue weighted by molar-refractivity contribution is -0.146. The number of para-hydroxylation sites is 1. The average Bonchev–Trinajstić information content (AvgIpc) is 2.48. The Bertz CT molecular complexity index is 587. The van der Waals surface area contributed by atoms with Crippen LogP contribution in [0.2, 0.25) is 0 Å². The Balaban J connectivity index is 2.07. The molecule has 0 spiro atoms. The first kappa shape index (κ1) is 13.5. The zero-order valence-electron chi connectivity index (χ0n) is 10.4. The van der Waals surface area contributed by atoms with Crippen LogP contribution in [0.15, 0.2) is 54.7 Å². The summed E-state index contributed by atoms with van der Waals surface area (Å²) in [6.07, 6.45) is -0.0326. The molecule has 1 heterocycles. The minimum absolute atomic E-state index is 0.121. The predicted octanol–water partition coefficient (Wildman–Crippen LogP) is 1.30. The van der Waals surface area contributed by atoms with Crippen molar-refractivity contribution < 1.29 is 19.4 Å². The van der Waals surface area contributed by atoms with Crippen LogP contribution in [0, 0.1) is 0 Å². The number of ether oxygens (including phenoxy) is 1. The van der Waals surface area contributed by atoms with Crippen LogP contribution >= 0.6 is 0 Å². The number of benzene rings is 1. The molecule has 6 heteroatoms. The van der Waals surface area contributed by atoms with E-state index in [1.165, 1.54) is 12.3 Å². The summed E-state index contributed by atoms with van der Waals surface area (Å²) < 4.78 is 5.21. The van der Waals surface area contributed by atoms with Gasteiger partial charge >= 0.3 is 5.97 Å². The van der Waals surface area contributed by atoms with E-state index in [1.54, 1.807) is 42.5 Å². The second-order valence-corrected chi connectivity index (χ2v) is 3.84. The Labute approximate surface area is 115 Å². The van der Waals surface area contributed by atoms with E-state index in [2.05, 4.69) is 10.3 Å². The van der Waals surface area contributed by atoms with Crippen molar-refractivity contribution in [2.75, 3.05) is 0 Å². The van der Waals surface area contributed by atoms with Gasteiger partial charge in [0.25, 0.3) is 12.1 Å². The minimum Gasteiger partial charge on any atom is -0.477 e. The topological polar surface area (TPSA) is 88.5 Å². The van der Waals surface area contributed by atoms with Crippen LogP contribution in [0.3, 0.4) is 0 Å². The van der Waals surface area contributed by atoms with E-state index in [9.17, 15) is 9.59 Å². The number of aliphatic carboxylic acids is 1. The van der Waals surface area contributed by atoms with Crippen molar-refractivity contribution in [3.63, 3.8) is 0 Å². The molecule has 2 rings (SSSR count). The fourth-order valence-corrected chi connectivity index (χ4v) is 1.47. The highest BCUT2D eigenvalue weighted by molar-refractivity contribution is 5.94. The van der Waals surface area contributed by atoms with E-state index in [0.717, 1.165) is 0 Å². The van der Waals surface area contributed by atoms with Crippen molar-refractivity contribution in [1.82, 2.24) is 10.3 Å². The summed E-state index contributed by atoms with van der Waals surface area (Å²) in [6, 6.07) is 13.2. The number of nitrogens with zero attached hydrogens (tertiary/aromatic N) is 1. The minimum atomic E-state index is -1.48. The normalized spacial score (nSPS) is 11.4. The van der Waals surface area contributed by atoms with Crippen molar-refractivity contribution in [3.8, 4) is 5.75 Å². The maximum absolute atomic E-state index is 11.8. The molecule has 0 aliphatic rings. The summed E-state index contributed by atoms with van der Waals surface area (Å²) in [5, 5.41) is 11.3. The number of pyridine rings is 1. The Hall–Kier alpha value is -2.89. The number of carboxylic acid groups (broad SMARTS) is 1. The lowest BCUT2D eigenvalue weighted by Gasteiger charge is -2.16. The Morgan fingerprint density at radius 2 is 1.80 bits per heavy atom. The molecule has 0 aliphatic heterocycles. The van der Waals surface area contributed by atoms with Crippen molar-refractivity contribution in [1.29, 1.82) is 0 Å². The fraction of sp³-hybridized carbons (Fsp3) is 0.0714. The first-order valence-corrected chi connectivity index (χ1v) is 5.83. The van der Waals surface area contributed by atoms with E-state index in [0.29, 0.717) is 5.75 Å². The predicted molar refractivity (Wildman–Crippen MR) is 70.2 cm³/mol. The Morgan fingerprint density at radius 3 is 2.40 bits per heavy atom. The number of hydrogen-bond acceptors (Lipinski definition) is 4. The summed E-state index contributed by atoms with van der Waals surface area (Å²) in [6.45, 7) is 0. The van der Waals surface area contributed by atoms with Gasteiger partial charge in [0.2, 0.25) is 0 Å². The standard InChI is InChI=1S/C14H12N2O4/c17-12(11-8-4-5-9-15-11)16-13(14(18)19)20-10-6-2-1-3-7-10/h1-9,13H,(H,16,17)(H,18,19). The first-order valence-electron chi connectivity index (χ1n) is 5.83. The highest BCUT2D eigenvalue weighted by Crippen LogP contribution is 2.10. The number of carbonyl (C=O) groups is 2. The molecule has 102 valence electrons. The molecule has 1 unspecified atom stereocenters. The smallest absolute Gasteiger partial charge is 0.366 e. The molecule has 0 aliphatic carbocycles. The first-order chi connectivity index (χ1) is 9.66. The van der Waals surface area contributed by atoms with Gasteiger partial charge in [-0.15, -0.1) is 0 Å². The lowest BCUT2D eigenvalue weighted by atomic mass is 10.3. The van der Waals surface area contributed by atoms with Gasteiger partial charge in [-0.2, -0.15) is 0 Å². The largest absolute Gasteiger partial charge is 0.477 e. The molecular weight excluding hydrogens is 260 g/mol. The Kier molecular flexibility index (Phi) is 4.28. The summed E-state index contributed by atoms with van der Waals surface area (Å²) in [5.41, 5.74) is 0.121. The summed E-state index contributed by atoms with van der Waals surface area (Å²) in [7, 11) is 0. The monoisotopic (exact) mass is 272 g/mol. The van der Waals surface area contributed by atoms with Crippen molar-refractivity contribution >= 4 is 11.9 Å². The maximum Gasteiger partial charge on any atom is 0.366 e. The van der Waals surface area contributed by atoms with Crippen LogP contribution < -0.4 is 10.1 Å². The third-order valence-electron chi connectivity index (χ3n) is 2.38. The molecule has 2 aromatic rings. The van der Waals surface area contributed by atoms with E-state index in [4.69, 9.17) is 9.84 Å². The summed E-state index contributed by atoms with van der Waals surface area (Å²) in [5.74, 6) is -1.56. The van der Waals surface area contributed by atoms with Crippen LogP contribution in [-0.4, -0.2) is 28.2 Å². The van der Waals surface area contributed by atoms with Gasteiger partial charge in [-0.1, -0.05) is 24.3 Å². The highest BCUT2D eigenvalue weighted by Gasteiger charge is 2.22. The van der Waals surface area contributed by atoms with Crippen molar-refractivity contribution in [2.24, 2.45) is 0 Å². The third kappa shape index (κ3) is 3.55. The lowest BCUT2D eigenvalue weighted by Crippen LogP contribution is -2.45. The zero-order chi connectivity index (χ0) is 14.4. The summed E-state index contributed by atoms with van der Waals surface area (Å²) in [4.78, 5) is 26.8. The molecule has 0 saturated heterocycles. The molecule has 0 radical (unpaired) electrons. The molecule has 1 aromatic carbocycles. The van der Waals surface area contributed by atoms with Crippen LogP contribution in [0.1, 0.15) is 10.5 Å². The number of carboxylic acids is 1. The second-order valence-electron chi connectivity index (χ2n) is 3.84. The van der Waals surface area contributed by atoms with E-state index >= 15 is 0 Å². The molecule has 20 heavy (non-hydrogen) atoms. The van der Waals surface area contributed by atoms with Crippen LogP contribution in [0.25, 0.3) is 0 Å². The zero-order valence-corrected chi connectivity index (χ0v) is 10.4. The molecule has 0 fully saturated rings. The van der Waals surface area contributed by atoms with Gasteiger partial charge in [0.15, 0.2) is 0 Å². The summed E-state index contributed by atoms with van der Waals surface area (Å²) >= 11 is 0. The van der Waals surface area contributed by atoms with Gasteiger partial charge in [-0.3, -0.25) is 9.78 Å². The van der Waals surface area contributed by atoms with Gasteiger partial charge in [0.05, 0.1) is 0 Å². The highest BCUT2D eigenvalue weighted by atomic mass is 16.5. The number of nitrogens with one attached hydrogen (secondary N) is 1. The molecule has 1 aromatic heterocycles. The SMILES string of the molecule is O=C(NC(Oc1ccccc1)C(=O)O)c1ccccn1. The second kappa shape index (κ2) is 6.33. The van der Waals surface area contributed by atoms with Gasteiger partial charge < -0.3 is 15.2 Å². The number of amides is 1. The van der Waals surface area contributed by atoms with E-state index in [1.807, 2.05) is 0 Å². The molecular formula is C14H12N2O4. The molecule has 1 amide bonds. The number of aromatic nitrogens is 1. The molecule has 1 atom stereocenters. The average molecular weight is 272 g/mol. The Morgan fingerprint density at radius 1 is 1.10 bits per heavy atom. The van der Waals surface area contributed by atoms with Gasteiger partial charge in [0, 0.05) is 6.20 Å². The van der Waals surface area contributed by atoms with Gasteiger partial charge in [0.1, 0.15) is 11.4 Å². The van der Waals surface area contributed by atoms with Gasteiger partial charge in [-0.25, -0.2) is 4.79 Å². The van der Waals surface area contributed by atoms with Crippen LogP contribution in [0.4, 0.5) is 0 Å². The number of rotatable bonds is 5. The quantitative estimate of drug-likeness (QED) is 0.801. The third-order valence-corrected chi connectivity index (χ3v) is 2.38. The van der Waals surface area contributed by atoms with Gasteiger partial charge in [-0.05, 0) is 24.3 Å². The molecule has 0 bridgehead atoms. The van der Waals surface area contributed by atoms with Crippen molar-refractivity contribution in [2.45, 2.75) is 6.23 Å². The van der Waals surface area contributed by atoms with Crippen LogP contribution in [0.5, 0.6) is 5.75 Å². The van der Waals surface area contributed by atoms with E-state index in [-0.39, 0.29) is 5.69 Å². The fourth-order valence-electron chi connectivity index (χ4n) is 1.47.